The largest absolute Gasteiger partial charge is 0.357 e. The number of hydrogen-bond acceptors (Lipinski definition) is 4. The second kappa shape index (κ2) is 12.5. The summed E-state index contributed by atoms with van der Waals surface area (Å²) in [6.07, 6.45) is 8.39. The van der Waals surface area contributed by atoms with Crippen LogP contribution in [0.5, 0.6) is 0 Å². The Hall–Kier alpha value is -1.09. The number of hydrogen-bond donors (Lipinski definition) is 2. The van der Waals surface area contributed by atoms with Gasteiger partial charge in [0.15, 0.2) is 5.96 Å². The smallest absolute Gasteiger partial charge is 0.191 e. The summed E-state index contributed by atoms with van der Waals surface area (Å²) in [5.41, 5.74) is 1.18. The van der Waals surface area contributed by atoms with Gasteiger partial charge in [-0.1, -0.05) is 13.0 Å². The highest BCUT2D eigenvalue weighted by atomic mass is 127. The summed E-state index contributed by atoms with van der Waals surface area (Å²) in [5.74, 6) is 2.87. The molecule has 6 nitrogen and oxygen atoms in total. The summed E-state index contributed by atoms with van der Waals surface area (Å²) >= 11 is 0. The lowest BCUT2D eigenvalue weighted by molar-refractivity contribution is 0.191. The molecule has 0 unspecified atom stereocenters. The molecule has 158 valence electrons. The summed E-state index contributed by atoms with van der Waals surface area (Å²) in [5, 5.41) is 6.82. The van der Waals surface area contributed by atoms with Crippen molar-refractivity contribution in [2.45, 2.75) is 45.6 Å². The third-order valence-corrected chi connectivity index (χ3v) is 5.74. The minimum absolute atomic E-state index is 0. The first-order chi connectivity index (χ1) is 13.2. The van der Waals surface area contributed by atoms with Crippen LogP contribution in [0.3, 0.4) is 0 Å². The quantitative estimate of drug-likeness (QED) is 0.261. The Morgan fingerprint density at radius 1 is 1.14 bits per heavy atom. The van der Waals surface area contributed by atoms with E-state index in [-0.39, 0.29) is 24.0 Å². The van der Waals surface area contributed by atoms with Gasteiger partial charge in [-0.15, -0.1) is 24.0 Å². The third kappa shape index (κ3) is 7.39. The van der Waals surface area contributed by atoms with E-state index in [1.165, 1.54) is 50.9 Å². The molecule has 3 heterocycles. The van der Waals surface area contributed by atoms with E-state index in [1.807, 2.05) is 13.2 Å². The molecule has 0 aromatic carbocycles. The van der Waals surface area contributed by atoms with Crippen molar-refractivity contribution in [2.24, 2.45) is 10.9 Å². The van der Waals surface area contributed by atoms with Crippen LogP contribution in [0.15, 0.2) is 23.3 Å². The molecule has 0 amide bonds. The van der Waals surface area contributed by atoms with Crippen LogP contribution in [-0.2, 0) is 6.54 Å². The highest BCUT2D eigenvalue weighted by molar-refractivity contribution is 14.0. The van der Waals surface area contributed by atoms with Crippen molar-refractivity contribution in [1.29, 1.82) is 0 Å². The highest BCUT2D eigenvalue weighted by Gasteiger charge is 2.15. The van der Waals surface area contributed by atoms with E-state index < -0.39 is 0 Å². The number of halogens is 1. The fraction of sp³-hybridized carbons (Fsp3) is 0.714. The second-order valence-corrected chi connectivity index (χ2v) is 7.95. The van der Waals surface area contributed by atoms with Gasteiger partial charge < -0.3 is 20.4 Å². The van der Waals surface area contributed by atoms with E-state index in [1.54, 1.807) is 0 Å². The Kier molecular flexibility index (Phi) is 10.3. The molecule has 2 N–H and O–H groups in total. The van der Waals surface area contributed by atoms with Gasteiger partial charge >= 0.3 is 0 Å². The molecule has 2 aliphatic rings. The van der Waals surface area contributed by atoms with Crippen molar-refractivity contribution in [1.82, 2.24) is 20.5 Å². The van der Waals surface area contributed by atoms with Crippen molar-refractivity contribution in [3.05, 3.63) is 23.9 Å². The molecule has 0 atom stereocenters. The second-order valence-electron chi connectivity index (χ2n) is 7.95. The normalized spacial score (nSPS) is 18.8. The molecule has 3 rings (SSSR count). The van der Waals surface area contributed by atoms with Gasteiger partial charge in [-0.25, -0.2) is 4.98 Å². The summed E-state index contributed by atoms with van der Waals surface area (Å²) in [6, 6.07) is 4.30. The predicted molar refractivity (Wildman–Crippen MR) is 129 cm³/mol. The lowest BCUT2D eigenvalue weighted by atomic mass is 9.99. The molecular weight excluding hydrogens is 463 g/mol. The standard InChI is InChI=1S/C21H36N6.HI/c1-18-8-14-26(15-9-18)11-5-10-23-21(22-2)25-17-19-6-7-20(24-16-19)27-12-3-4-13-27;/h6-7,16,18H,3-5,8-15,17H2,1-2H3,(H2,22,23,25);1H. The van der Waals surface area contributed by atoms with Crippen LogP contribution in [0.4, 0.5) is 5.82 Å². The highest BCUT2D eigenvalue weighted by Crippen LogP contribution is 2.17. The minimum atomic E-state index is 0. The molecule has 1 aromatic heterocycles. The Labute approximate surface area is 187 Å². The van der Waals surface area contributed by atoms with E-state index in [2.05, 4.69) is 49.5 Å². The zero-order valence-electron chi connectivity index (χ0n) is 17.5. The van der Waals surface area contributed by atoms with Crippen molar-refractivity contribution in [2.75, 3.05) is 51.2 Å². The van der Waals surface area contributed by atoms with Crippen LogP contribution in [0.25, 0.3) is 0 Å². The predicted octanol–water partition coefficient (Wildman–Crippen LogP) is 3.09. The fourth-order valence-corrected chi connectivity index (χ4v) is 3.86. The zero-order valence-corrected chi connectivity index (χ0v) is 19.8. The van der Waals surface area contributed by atoms with E-state index in [0.717, 1.165) is 50.3 Å². The summed E-state index contributed by atoms with van der Waals surface area (Å²) in [7, 11) is 1.83. The van der Waals surface area contributed by atoms with Crippen molar-refractivity contribution in [3.8, 4) is 0 Å². The van der Waals surface area contributed by atoms with Crippen LogP contribution < -0.4 is 15.5 Å². The Morgan fingerprint density at radius 2 is 1.89 bits per heavy atom. The molecular formula is C21H37IN6. The monoisotopic (exact) mass is 500 g/mol. The molecule has 0 saturated carbocycles. The van der Waals surface area contributed by atoms with Gasteiger partial charge in [0, 0.05) is 39.4 Å². The number of aromatic nitrogens is 1. The first kappa shape index (κ1) is 23.2. The first-order valence-corrected chi connectivity index (χ1v) is 10.6. The number of guanidine groups is 1. The van der Waals surface area contributed by atoms with Crippen LogP contribution in [0.1, 0.15) is 44.6 Å². The van der Waals surface area contributed by atoms with Gasteiger partial charge in [-0.2, -0.15) is 0 Å². The molecule has 7 heteroatoms. The van der Waals surface area contributed by atoms with E-state index in [4.69, 9.17) is 0 Å². The van der Waals surface area contributed by atoms with Gasteiger partial charge in [0.25, 0.3) is 0 Å². The van der Waals surface area contributed by atoms with Crippen LogP contribution >= 0.6 is 24.0 Å². The maximum atomic E-state index is 4.62. The molecule has 2 saturated heterocycles. The van der Waals surface area contributed by atoms with E-state index in [9.17, 15) is 0 Å². The van der Waals surface area contributed by atoms with Crippen molar-refractivity contribution in [3.63, 3.8) is 0 Å². The van der Waals surface area contributed by atoms with E-state index >= 15 is 0 Å². The average Bonchev–Trinajstić information content (AvgIpc) is 3.24. The summed E-state index contributed by atoms with van der Waals surface area (Å²) in [4.78, 5) is 13.9. The number of nitrogens with one attached hydrogen (secondary N) is 2. The molecule has 1 aromatic rings. The number of aliphatic imine (C=N–C) groups is 1. The summed E-state index contributed by atoms with van der Waals surface area (Å²) in [6.45, 7) is 10.0. The number of pyridine rings is 1. The van der Waals surface area contributed by atoms with Gasteiger partial charge in [0.2, 0.25) is 0 Å². The summed E-state index contributed by atoms with van der Waals surface area (Å²) < 4.78 is 0. The minimum Gasteiger partial charge on any atom is -0.357 e. The third-order valence-electron chi connectivity index (χ3n) is 5.74. The molecule has 2 aliphatic heterocycles. The van der Waals surface area contributed by atoms with Gasteiger partial charge in [-0.3, -0.25) is 4.99 Å². The maximum absolute atomic E-state index is 4.62. The van der Waals surface area contributed by atoms with Crippen molar-refractivity contribution < 1.29 is 0 Å². The zero-order chi connectivity index (χ0) is 18.9. The van der Waals surface area contributed by atoms with Gasteiger partial charge in [0.05, 0.1) is 0 Å². The molecule has 28 heavy (non-hydrogen) atoms. The topological polar surface area (TPSA) is 55.8 Å². The number of anilines is 1. The Morgan fingerprint density at radius 3 is 2.54 bits per heavy atom. The Bertz CT molecular complexity index is 577. The van der Waals surface area contributed by atoms with Crippen LogP contribution in [0.2, 0.25) is 0 Å². The molecule has 2 fully saturated rings. The average molecular weight is 500 g/mol. The van der Waals surface area contributed by atoms with Gasteiger partial charge in [0.1, 0.15) is 5.82 Å². The Balaban J connectivity index is 0.00000280. The van der Waals surface area contributed by atoms with Crippen LogP contribution in [0, 0.1) is 5.92 Å². The molecule has 0 bridgehead atoms. The van der Waals surface area contributed by atoms with Gasteiger partial charge in [-0.05, 0) is 69.3 Å². The number of rotatable bonds is 7. The van der Waals surface area contributed by atoms with E-state index in [0.29, 0.717) is 0 Å². The lowest BCUT2D eigenvalue weighted by Gasteiger charge is -2.30. The fourth-order valence-electron chi connectivity index (χ4n) is 3.86. The molecule has 0 spiro atoms. The van der Waals surface area contributed by atoms with Crippen molar-refractivity contribution >= 4 is 35.8 Å². The molecule has 0 radical (unpaired) electrons. The number of nitrogens with zero attached hydrogens (tertiary/aromatic N) is 4. The SMILES string of the molecule is CN=C(NCCCN1CCC(C)CC1)NCc1ccc(N2CCCC2)nc1.I. The van der Waals surface area contributed by atoms with Crippen LogP contribution in [-0.4, -0.2) is 62.2 Å². The number of likely N-dealkylation sites (tertiary alicyclic amines) is 1. The lowest BCUT2D eigenvalue weighted by Crippen LogP contribution is -2.39. The number of piperidine rings is 1. The molecule has 0 aliphatic carbocycles. The maximum Gasteiger partial charge on any atom is 0.191 e. The first-order valence-electron chi connectivity index (χ1n) is 10.6.